The smallest absolute Gasteiger partial charge is 0.180 e. The number of benzene rings is 1. The maximum atomic E-state index is 12.9. The zero-order valence-electron chi connectivity index (χ0n) is 7.71. The number of aromatic nitrogens is 1. The fourth-order valence-electron chi connectivity index (χ4n) is 1.14. The number of hydrogen-bond acceptors (Lipinski definition) is 3. The molecule has 0 spiro atoms. The summed E-state index contributed by atoms with van der Waals surface area (Å²) in [5, 5.41) is 3.42. The van der Waals surface area contributed by atoms with Gasteiger partial charge < -0.3 is 9.73 Å². The van der Waals surface area contributed by atoms with E-state index in [0.717, 1.165) is 0 Å². The Labute approximate surface area is 90.9 Å². The normalized spacial score (nSPS) is 10.3. The van der Waals surface area contributed by atoms with E-state index in [1.165, 1.54) is 24.6 Å². The van der Waals surface area contributed by atoms with E-state index in [-0.39, 0.29) is 5.82 Å². The molecule has 1 heterocycles. The Balaban J connectivity index is 2.07. The molecule has 0 unspecified atom stereocenters. The first kappa shape index (κ1) is 9.98. The fourth-order valence-corrected chi connectivity index (χ4v) is 1.33. The third-order valence-corrected chi connectivity index (χ3v) is 2.19. The van der Waals surface area contributed by atoms with Gasteiger partial charge in [-0.2, -0.15) is 0 Å². The van der Waals surface area contributed by atoms with E-state index in [9.17, 15) is 4.39 Å². The first-order valence-electron chi connectivity index (χ1n) is 4.32. The number of anilines is 1. The third kappa shape index (κ3) is 2.47. The summed E-state index contributed by atoms with van der Waals surface area (Å²) in [6.07, 6.45) is 2.92. The second-order valence-electron chi connectivity index (χ2n) is 2.95. The third-order valence-electron chi connectivity index (χ3n) is 1.86. The molecule has 1 aromatic carbocycles. The number of rotatable bonds is 3. The molecular weight excluding hydrogens is 219 g/mol. The lowest BCUT2D eigenvalue weighted by Gasteiger charge is -2.06. The van der Waals surface area contributed by atoms with Gasteiger partial charge in [0, 0.05) is 0 Å². The van der Waals surface area contributed by atoms with Crippen LogP contribution >= 0.6 is 11.6 Å². The molecular formula is C10H8ClFN2O. The predicted octanol–water partition coefficient (Wildman–Crippen LogP) is 3.08. The van der Waals surface area contributed by atoms with Crippen LogP contribution in [0.1, 0.15) is 5.76 Å². The molecule has 0 amide bonds. The summed E-state index contributed by atoms with van der Waals surface area (Å²) < 4.78 is 17.9. The van der Waals surface area contributed by atoms with Crippen LogP contribution < -0.4 is 5.32 Å². The lowest BCUT2D eigenvalue weighted by molar-refractivity contribution is 0.511. The molecule has 3 nitrogen and oxygen atoms in total. The summed E-state index contributed by atoms with van der Waals surface area (Å²) in [7, 11) is 0. The van der Waals surface area contributed by atoms with Crippen molar-refractivity contribution in [2.75, 3.05) is 5.32 Å². The highest BCUT2D eigenvalue weighted by atomic mass is 35.5. The van der Waals surface area contributed by atoms with Crippen LogP contribution in [0.2, 0.25) is 5.02 Å². The largest absolute Gasteiger partial charge is 0.447 e. The van der Waals surface area contributed by atoms with Crippen LogP contribution in [0.15, 0.2) is 35.2 Å². The lowest BCUT2D eigenvalue weighted by atomic mass is 10.3. The summed E-state index contributed by atoms with van der Waals surface area (Å²) >= 11 is 5.86. The monoisotopic (exact) mass is 226 g/mol. The Morgan fingerprint density at radius 1 is 1.47 bits per heavy atom. The van der Waals surface area contributed by atoms with E-state index in [1.807, 2.05) is 0 Å². The van der Waals surface area contributed by atoms with Crippen molar-refractivity contribution in [2.45, 2.75) is 6.54 Å². The molecule has 0 bridgehead atoms. The quantitative estimate of drug-likeness (QED) is 0.874. The molecule has 0 atom stereocenters. The summed E-state index contributed by atoms with van der Waals surface area (Å²) in [6.45, 7) is 0.420. The van der Waals surface area contributed by atoms with Crippen molar-refractivity contribution >= 4 is 17.3 Å². The van der Waals surface area contributed by atoms with Gasteiger partial charge >= 0.3 is 0 Å². The average molecular weight is 227 g/mol. The van der Waals surface area contributed by atoms with Crippen molar-refractivity contribution in [3.8, 4) is 0 Å². The van der Waals surface area contributed by atoms with Gasteiger partial charge in [0.2, 0.25) is 0 Å². The number of oxazole rings is 1. The zero-order valence-corrected chi connectivity index (χ0v) is 8.46. The van der Waals surface area contributed by atoms with Crippen LogP contribution in [0.4, 0.5) is 10.1 Å². The van der Waals surface area contributed by atoms with Crippen LogP contribution in [0.5, 0.6) is 0 Å². The minimum Gasteiger partial charge on any atom is -0.447 e. The number of nitrogens with zero attached hydrogens (tertiary/aromatic N) is 1. The minimum absolute atomic E-state index is 0.334. The summed E-state index contributed by atoms with van der Waals surface area (Å²) in [4.78, 5) is 3.76. The van der Waals surface area contributed by atoms with Crippen molar-refractivity contribution in [1.82, 2.24) is 4.98 Å². The molecule has 5 heteroatoms. The second-order valence-corrected chi connectivity index (χ2v) is 3.35. The van der Waals surface area contributed by atoms with Crippen LogP contribution in [-0.4, -0.2) is 4.98 Å². The van der Waals surface area contributed by atoms with Crippen molar-refractivity contribution in [3.05, 3.63) is 47.4 Å². The van der Waals surface area contributed by atoms with E-state index < -0.39 is 0 Å². The van der Waals surface area contributed by atoms with Crippen molar-refractivity contribution in [2.24, 2.45) is 0 Å². The van der Waals surface area contributed by atoms with Crippen LogP contribution in [0.25, 0.3) is 0 Å². The maximum Gasteiger partial charge on any atom is 0.180 e. The molecule has 0 radical (unpaired) electrons. The predicted molar refractivity (Wildman–Crippen MR) is 55.2 cm³/mol. The first-order chi connectivity index (χ1) is 7.25. The fraction of sp³-hybridized carbons (Fsp3) is 0.100. The maximum absolute atomic E-state index is 12.9. The van der Waals surface area contributed by atoms with Gasteiger partial charge in [-0.15, -0.1) is 0 Å². The van der Waals surface area contributed by atoms with Gasteiger partial charge in [0.15, 0.2) is 6.39 Å². The summed E-state index contributed by atoms with van der Waals surface area (Å²) in [5.41, 5.74) is 0.535. The van der Waals surface area contributed by atoms with Crippen molar-refractivity contribution in [3.63, 3.8) is 0 Å². The summed E-state index contributed by atoms with van der Waals surface area (Å²) in [6, 6.07) is 4.14. The molecule has 0 aliphatic carbocycles. The molecule has 0 aliphatic heterocycles. The highest BCUT2D eigenvalue weighted by molar-refractivity contribution is 6.33. The van der Waals surface area contributed by atoms with E-state index in [4.69, 9.17) is 16.0 Å². The van der Waals surface area contributed by atoms with Crippen molar-refractivity contribution < 1.29 is 8.81 Å². The van der Waals surface area contributed by atoms with E-state index in [2.05, 4.69) is 10.3 Å². The standard InChI is InChI=1S/C10H8ClFN2O/c11-9-2-1-7(12)3-10(9)14-5-8-4-13-6-15-8/h1-4,6,14H,5H2. The van der Waals surface area contributed by atoms with Gasteiger partial charge in [0.25, 0.3) is 0 Å². The molecule has 2 rings (SSSR count). The van der Waals surface area contributed by atoms with Gasteiger partial charge in [-0.05, 0) is 18.2 Å². The van der Waals surface area contributed by atoms with Crippen molar-refractivity contribution in [1.29, 1.82) is 0 Å². The zero-order chi connectivity index (χ0) is 10.7. The number of halogens is 2. The Morgan fingerprint density at radius 2 is 2.33 bits per heavy atom. The van der Waals surface area contributed by atoms with Gasteiger partial charge in [-0.1, -0.05) is 11.6 Å². The molecule has 1 N–H and O–H groups in total. The van der Waals surface area contributed by atoms with E-state index in [1.54, 1.807) is 6.20 Å². The minimum atomic E-state index is -0.334. The second kappa shape index (κ2) is 4.31. The Kier molecular flexibility index (Phi) is 2.87. The Bertz CT molecular complexity index is 445. The molecule has 15 heavy (non-hydrogen) atoms. The van der Waals surface area contributed by atoms with Gasteiger partial charge in [-0.25, -0.2) is 9.37 Å². The summed E-state index contributed by atoms with van der Waals surface area (Å²) in [5.74, 6) is 0.329. The molecule has 0 saturated heterocycles. The SMILES string of the molecule is Fc1ccc(Cl)c(NCc2cnco2)c1. The first-order valence-corrected chi connectivity index (χ1v) is 4.70. The molecule has 2 aromatic rings. The van der Waals surface area contributed by atoms with E-state index >= 15 is 0 Å². The lowest BCUT2D eigenvalue weighted by Crippen LogP contribution is -1.99. The highest BCUT2D eigenvalue weighted by Gasteiger charge is 2.02. The van der Waals surface area contributed by atoms with E-state index in [0.29, 0.717) is 23.0 Å². The van der Waals surface area contributed by atoms with Crippen LogP contribution in [-0.2, 0) is 6.54 Å². The number of nitrogens with one attached hydrogen (secondary N) is 1. The topological polar surface area (TPSA) is 38.1 Å². The molecule has 1 aromatic heterocycles. The molecule has 0 fully saturated rings. The van der Waals surface area contributed by atoms with Crippen LogP contribution in [0.3, 0.4) is 0 Å². The highest BCUT2D eigenvalue weighted by Crippen LogP contribution is 2.22. The molecule has 0 aliphatic rings. The van der Waals surface area contributed by atoms with Gasteiger partial charge in [0.05, 0.1) is 23.5 Å². The Hall–Kier alpha value is -1.55. The molecule has 0 saturated carbocycles. The Morgan fingerprint density at radius 3 is 3.07 bits per heavy atom. The average Bonchev–Trinajstić information content (AvgIpc) is 2.72. The van der Waals surface area contributed by atoms with Gasteiger partial charge in [-0.3, -0.25) is 0 Å². The van der Waals surface area contributed by atoms with Gasteiger partial charge in [0.1, 0.15) is 11.6 Å². The van der Waals surface area contributed by atoms with Crippen LogP contribution in [0, 0.1) is 5.82 Å². The molecule has 78 valence electrons. The number of hydrogen-bond donors (Lipinski definition) is 1.